The van der Waals surface area contributed by atoms with Gasteiger partial charge in [0, 0.05) is 37.1 Å². The zero-order valence-electron chi connectivity index (χ0n) is 15.7. The van der Waals surface area contributed by atoms with Gasteiger partial charge in [-0.3, -0.25) is 0 Å². The van der Waals surface area contributed by atoms with Gasteiger partial charge in [-0.25, -0.2) is 13.1 Å². The number of sulfonamides is 1. The summed E-state index contributed by atoms with van der Waals surface area (Å²) in [6, 6.07) is 15.5. The van der Waals surface area contributed by atoms with E-state index < -0.39 is 22.1 Å². The summed E-state index contributed by atoms with van der Waals surface area (Å²) in [5.74, 6) is -0.407. The van der Waals surface area contributed by atoms with Crippen molar-refractivity contribution in [1.29, 1.82) is 0 Å². The predicted molar refractivity (Wildman–Crippen MR) is 105 cm³/mol. The van der Waals surface area contributed by atoms with Crippen molar-refractivity contribution in [2.75, 3.05) is 19.0 Å². The molecule has 3 aromatic rings. The number of anilines is 1. The first kappa shape index (κ1) is 20.9. The minimum absolute atomic E-state index is 0.0985. The fourth-order valence-corrected chi connectivity index (χ4v) is 4.23. The molecule has 29 heavy (non-hydrogen) atoms. The summed E-state index contributed by atoms with van der Waals surface area (Å²) in [5, 5.41) is 1.33. The van der Waals surface area contributed by atoms with Crippen molar-refractivity contribution in [2.45, 2.75) is 17.8 Å². The van der Waals surface area contributed by atoms with Crippen molar-refractivity contribution in [3.05, 3.63) is 66.2 Å². The zero-order chi connectivity index (χ0) is 21.2. The van der Waals surface area contributed by atoms with Gasteiger partial charge in [-0.2, -0.15) is 0 Å². The summed E-state index contributed by atoms with van der Waals surface area (Å²) in [6.07, 6.45) is -4.81. The van der Waals surface area contributed by atoms with Crippen LogP contribution in [0.1, 0.15) is 5.56 Å². The molecule has 0 saturated carbocycles. The van der Waals surface area contributed by atoms with Gasteiger partial charge in [0.2, 0.25) is 10.0 Å². The summed E-state index contributed by atoms with van der Waals surface area (Å²) in [4.78, 5) is 1.99. The van der Waals surface area contributed by atoms with Crippen molar-refractivity contribution in [2.24, 2.45) is 0 Å². The van der Waals surface area contributed by atoms with E-state index in [1.807, 2.05) is 31.1 Å². The second-order valence-electron chi connectivity index (χ2n) is 6.54. The Morgan fingerprint density at radius 1 is 0.966 bits per heavy atom. The van der Waals surface area contributed by atoms with E-state index in [0.717, 1.165) is 23.2 Å². The second kappa shape index (κ2) is 7.92. The van der Waals surface area contributed by atoms with Crippen LogP contribution in [0.2, 0.25) is 0 Å². The number of benzene rings is 3. The Morgan fingerprint density at radius 2 is 1.62 bits per heavy atom. The SMILES string of the molecule is CN(C)c1cccc2c(S(=O)(=O)NCc3cccc(OC(F)(F)F)c3)cccc12. The lowest BCUT2D eigenvalue weighted by molar-refractivity contribution is -0.274. The molecule has 0 unspecified atom stereocenters. The zero-order valence-corrected chi connectivity index (χ0v) is 16.5. The van der Waals surface area contributed by atoms with Crippen molar-refractivity contribution in [3.8, 4) is 5.75 Å². The maximum absolute atomic E-state index is 12.9. The molecule has 0 fully saturated rings. The van der Waals surface area contributed by atoms with Gasteiger partial charge in [-0.15, -0.1) is 13.2 Å². The fourth-order valence-electron chi connectivity index (χ4n) is 3.00. The third kappa shape index (κ3) is 4.99. The average Bonchev–Trinajstić information content (AvgIpc) is 2.64. The summed E-state index contributed by atoms with van der Waals surface area (Å²) in [6.45, 7) is -0.179. The maximum atomic E-state index is 12.9. The predicted octanol–water partition coefficient (Wildman–Crippen LogP) is 4.28. The van der Waals surface area contributed by atoms with Crippen LogP contribution in [0, 0.1) is 0 Å². The minimum Gasteiger partial charge on any atom is -0.406 e. The van der Waals surface area contributed by atoms with Crippen molar-refractivity contribution in [3.63, 3.8) is 0 Å². The molecule has 0 aliphatic carbocycles. The van der Waals surface area contributed by atoms with Crippen LogP contribution in [0.5, 0.6) is 5.75 Å². The first-order valence-corrected chi connectivity index (χ1v) is 10.1. The molecule has 0 aliphatic heterocycles. The van der Waals surface area contributed by atoms with Crippen LogP contribution >= 0.6 is 0 Å². The molecule has 0 heterocycles. The lowest BCUT2D eigenvalue weighted by Gasteiger charge is -2.17. The number of hydrogen-bond donors (Lipinski definition) is 1. The third-order valence-electron chi connectivity index (χ3n) is 4.23. The molecule has 0 aliphatic rings. The lowest BCUT2D eigenvalue weighted by atomic mass is 10.1. The number of hydrogen-bond acceptors (Lipinski definition) is 4. The molecule has 0 spiro atoms. The van der Waals surface area contributed by atoms with Crippen LogP contribution in [0.3, 0.4) is 0 Å². The number of halogens is 3. The summed E-state index contributed by atoms with van der Waals surface area (Å²) >= 11 is 0. The van der Waals surface area contributed by atoms with E-state index in [9.17, 15) is 21.6 Å². The first-order chi connectivity index (χ1) is 13.6. The smallest absolute Gasteiger partial charge is 0.406 e. The molecule has 5 nitrogen and oxygen atoms in total. The Hall–Kier alpha value is -2.78. The fraction of sp³-hybridized carbons (Fsp3) is 0.200. The summed E-state index contributed by atoms with van der Waals surface area (Å²) in [7, 11) is -0.177. The Morgan fingerprint density at radius 3 is 2.31 bits per heavy atom. The quantitative estimate of drug-likeness (QED) is 0.642. The molecule has 0 atom stereocenters. The maximum Gasteiger partial charge on any atom is 0.573 e. The van der Waals surface area contributed by atoms with E-state index in [4.69, 9.17) is 0 Å². The van der Waals surface area contributed by atoms with Crippen LogP contribution < -0.4 is 14.4 Å². The van der Waals surface area contributed by atoms with Crippen LogP contribution in [-0.2, 0) is 16.6 Å². The highest BCUT2D eigenvalue weighted by Gasteiger charge is 2.31. The molecule has 9 heteroatoms. The molecule has 1 N–H and O–H groups in total. The molecule has 0 saturated heterocycles. The largest absolute Gasteiger partial charge is 0.573 e. The van der Waals surface area contributed by atoms with Crippen LogP contribution in [0.15, 0.2) is 65.6 Å². The van der Waals surface area contributed by atoms with Gasteiger partial charge in [0.05, 0.1) is 4.90 Å². The number of alkyl halides is 3. The minimum atomic E-state index is -4.81. The summed E-state index contributed by atoms with van der Waals surface area (Å²) in [5.41, 5.74) is 1.21. The molecular formula is C20H19F3N2O3S. The number of rotatable bonds is 6. The molecule has 0 radical (unpaired) electrons. The van der Waals surface area contributed by atoms with Crippen LogP contribution in [-0.4, -0.2) is 28.9 Å². The van der Waals surface area contributed by atoms with Crippen molar-refractivity contribution in [1.82, 2.24) is 4.72 Å². The van der Waals surface area contributed by atoms with E-state index in [0.29, 0.717) is 10.9 Å². The molecule has 0 amide bonds. The Labute approximate surface area is 166 Å². The number of ether oxygens (including phenoxy) is 1. The third-order valence-corrected chi connectivity index (χ3v) is 5.69. The Bertz CT molecular complexity index is 1130. The Balaban J connectivity index is 1.88. The van der Waals surface area contributed by atoms with Gasteiger partial charge in [0.15, 0.2) is 0 Å². The van der Waals surface area contributed by atoms with E-state index in [2.05, 4.69) is 9.46 Å². The molecule has 3 rings (SSSR count). The highest BCUT2D eigenvalue weighted by molar-refractivity contribution is 7.89. The van der Waals surface area contributed by atoms with Crippen LogP contribution in [0.25, 0.3) is 10.8 Å². The van der Waals surface area contributed by atoms with Crippen molar-refractivity contribution >= 4 is 26.5 Å². The van der Waals surface area contributed by atoms with Gasteiger partial charge >= 0.3 is 6.36 Å². The standard InChI is InChI=1S/C20H19F3N2O3S/c1-25(2)18-10-4-9-17-16(18)8-5-11-19(17)29(26,27)24-13-14-6-3-7-15(12-14)28-20(21,22)23/h3-12,24H,13H2,1-2H3. The monoisotopic (exact) mass is 424 g/mol. The van der Waals surface area contributed by atoms with Gasteiger partial charge in [-0.05, 0) is 29.8 Å². The van der Waals surface area contributed by atoms with Crippen LogP contribution in [0.4, 0.5) is 18.9 Å². The van der Waals surface area contributed by atoms with Crippen molar-refractivity contribution < 1.29 is 26.3 Å². The molecule has 154 valence electrons. The van der Waals surface area contributed by atoms with E-state index in [-0.39, 0.29) is 11.4 Å². The van der Waals surface area contributed by atoms with Gasteiger partial charge in [0.25, 0.3) is 0 Å². The van der Waals surface area contributed by atoms with Gasteiger partial charge in [0.1, 0.15) is 5.75 Å². The lowest BCUT2D eigenvalue weighted by Crippen LogP contribution is -2.23. The van der Waals surface area contributed by atoms with Gasteiger partial charge in [-0.1, -0.05) is 36.4 Å². The Kier molecular flexibility index (Phi) is 5.72. The molecule has 0 aromatic heterocycles. The topological polar surface area (TPSA) is 58.6 Å². The van der Waals surface area contributed by atoms with Gasteiger partial charge < -0.3 is 9.64 Å². The molecular weight excluding hydrogens is 405 g/mol. The highest BCUT2D eigenvalue weighted by atomic mass is 32.2. The highest BCUT2D eigenvalue weighted by Crippen LogP contribution is 2.30. The number of nitrogens with zero attached hydrogens (tertiary/aromatic N) is 1. The normalized spacial score (nSPS) is 12.2. The average molecular weight is 424 g/mol. The first-order valence-electron chi connectivity index (χ1n) is 8.60. The van der Waals surface area contributed by atoms with E-state index in [1.54, 1.807) is 18.2 Å². The second-order valence-corrected chi connectivity index (χ2v) is 8.28. The molecule has 3 aromatic carbocycles. The molecule has 0 bridgehead atoms. The van der Waals surface area contributed by atoms with E-state index in [1.165, 1.54) is 18.2 Å². The number of nitrogens with one attached hydrogen (secondary N) is 1. The summed E-state index contributed by atoms with van der Waals surface area (Å²) < 4.78 is 69.2. The number of fused-ring (bicyclic) bond motifs is 1. The van der Waals surface area contributed by atoms with E-state index >= 15 is 0 Å².